The molecule has 1 heterocycles. The van der Waals surface area contributed by atoms with Gasteiger partial charge < -0.3 is 5.32 Å². The summed E-state index contributed by atoms with van der Waals surface area (Å²) in [5.74, 6) is 0.649. The molecule has 18 heavy (non-hydrogen) atoms. The Balaban J connectivity index is 1.86. The monoisotopic (exact) mass is 265 g/mol. The molecule has 0 fully saturated rings. The van der Waals surface area contributed by atoms with Crippen LogP contribution in [0.2, 0.25) is 5.15 Å². The topological polar surface area (TPSA) is 37.8 Å². The van der Waals surface area contributed by atoms with Crippen LogP contribution in [-0.4, -0.2) is 16.5 Å². The maximum absolute atomic E-state index is 5.95. The highest BCUT2D eigenvalue weighted by Crippen LogP contribution is 2.20. The molecule has 4 heteroatoms. The van der Waals surface area contributed by atoms with Crippen LogP contribution in [0.25, 0.3) is 0 Å². The minimum absolute atomic E-state index is 0.515. The molecule has 0 spiro atoms. The standard InChI is InChI=1S/C14H20ClN3/c1-2-12-10-13(15)18-14(17-12)16-9-8-11-6-4-3-5-7-11/h6,10H,2-5,7-9H2,1H3,(H,16,17,18). The average Bonchev–Trinajstić information content (AvgIpc) is 2.39. The van der Waals surface area contributed by atoms with Crippen LogP contribution in [0.1, 0.15) is 44.7 Å². The second-order valence-corrected chi connectivity index (χ2v) is 5.03. The summed E-state index contributed by atoms with van der Waals surface area (Å²) in [6, 6.07) is 1.82. The Labute approximate surface area is 114 Å². The third-order valence-electron chi connectivity index (χ3n) is 3.22. The van der Waals surface area contributed by atoms with E-state index in [1.165, 1.54) is 25.7 Å². The van der Waals surface area contributed by atoms with E-state index in [1.807, 2.05) is 6.07 Å². The van der Waals surface area contributed by atoms with Crippen molar-refractivity contribution in [2.24, 2.45) is 0 Å². The number of allylic oxidation sites excluding steroid dienone is 1. The van der Waals surface area contributed by atoms with Gasteiger partial charge in [0, 0.05) is 12.2 Å². The Bertz CT molecular complexity index is 429. The molecular formula is C14H20ClN3. The molecule has 1 aliphatic rings. The molecule has 0 radical (unpaired) electrons. The van der Waals surface area contributed by atoms with Gasteiger partial charge in [0.15, 0.2) is 0 Å². The number of hydrogen-bond acceptors (Lipinski definition) is 3. The first-order chi connectivity index (χ1) is 8.78. The summed E-state index contributed by atoms with van der Waals surface area (Å²) in [6.45, 7) is 2.95. The summed E-state index contributed by atoms with van der Waals surface area (Å²) in [6.07, 6.45) is 9.50. The normalized spacial score (nSPS) is 15.3. The zero-order valence-electron chi connectivity index (χ0n) is 10.9. The van der Waals surface area contributed by atoms with Crippen molar-refractivity contribution in [1.29, 1.82) is 0 Å². The van der Waals surface area contributed by atoms with Crippen LogP contribution in [0.15, 0.2) is 17.7 Å². The first kappa shape index (κ1) is 13.3. The highest BCUT2D eigenvalue weighted by molar-refractivity contribution is 6.29. The summed E-state index contributed by atoms with van der Waals surface area (Å²) < 4.78 is 0. The van der Waals surface area contributed by atoms with Crippen molar-refractivity contribution in [3.8, 4) is 0 Å². The molecule has 0 aromatic carbocycles. The highest BCUT2D eigenvalue weighted by Gasteiger charge is 2.05. The maximum Gasteiger partial charge on any atom is 0.224 e. The molecule has 0 bridgehead atoms. The zero-order valence-corrected chi connectivity index (χ0v) is 11.6. The van der Waals surface area contributed by atoms with E-state index in [4.69, 9.17) is 11.6 Å². The Morgan fingerprint density at radius 3 is 2.94 bits per heavy atom. The molecule has 1 aromatic heterocycles. The largest absolute Gasteiger partial charge is 0.354 e. The van der Waals surface area contributed by atoms with E-state index < -0.39 is 0 Å². The van der Waals surface area contributed by atoms with Gasteiger partial charge in [0.1, 0.15) is 5.15 Å². The SMILES string of the molecule is CCc1cc(Cl)nc(NCCC2=CCCCC2)n1. The number of nitrogens with one attached hydrogen (secondary N) is 1. The average molecular weight is 266 g/mol. The molecule has 0 saturated carbocycles. The van der Waals surface area contributed by atoms with Gasteiger partial charge >= 0.3 is 0 Å². The lowest BCUT2D eigenvalue weighted by Crippen LogP contribution is -2.08. The highest BCUT2D eigenvalue weighted by atomic mass is 35.5. The number of aromatic nitrogens is 2. The van der Waals surface area contributed by atoms with E-state index in [2.05, 4.69) is 28.3 Å². The first-order valence-electron chi connectivity index (χ1n) is 6.73. The third kappa shape index (κ3) is 3.98. The summed E-state index contributed by atoms with van der Waals surface area (Å²) in [5.41, 5.74) is 2.54. The van der Waals surface area contributed by atoms with Gasteiger partial charge in [0.05, 0.1) is 0 Å². The van der Waals surface area contributed by atoms with Crippen LogP contribution in [0.3, 0.4) is 0 Å². The van der Waals surface area contributed by atoms with Crippen molar-refractivity contribution in [3.63, 3.8) is 0 Å². The van der Waals surface area contributed by atoms with Crippen molar-refractivity contribution in [2.45, 2.75) is 45.4 Å². The van der Waals surface area contributed by atoms with E-state index in [9.17, 15) is 0 Å². The fourth-order valence-electron chi connectivity index (χ4n) is 2.19. The smallest absolute Gasteiger partial charge is 0.224 e. The van der Waals surface area contributed by atoms with Crippen LogP contribution < -0.4 is 5.32 Å². The van der Waals surface area contributed by atoms with Gasteiger partial charge in [0.2, 0.25) is 5.95 Å². The third-order valence-corrected chi connectivity index (χ3v) is 3.42. The van der Waals surface area contributed by atoms with Crippen molar-refractivity contribution in [1.82, 2.24) is 9.97 Å². The molecule has 0 saturated heterocycles. The Morgan fingerprint density at radius 1 is 1.33 bits per heavy atom. The molecule has 3 nitrogen and oxygen atoms in total. The van der Waals surface area contributed by atoms with Crippen LogP contribution >= 0.6 is 11.6 Å². The number of rotatable bonds is 5. The lowest BCUT2D eigenvalue weighted by molar-refractivity contribution is 0.679. The Hall–Kier alpha value is -1.09. The van der Waals surface area contributed by atoms with Gasteiger partial charge in [-0.3, -0.25) is 0 Å². The van der Waals surface area contributed by atoms with E-state index >= 15 is 0 Å². The lowest BCUT2D eigenvalue weighted by Gasteiger charge is -2.13. The van der Waals surface area contributed by atoms with Gasteiger partial charge in [-0.05, 0) is 44.6 Å². The fourth-order valence-corrected chi connectivity index (χ4v) is 2.40. The summed E-state index contributed by atoms with van der Waals surface area (Å²) in [5, 5.41) is 3.78. The summed E-state index contributed by atoms with van der Waals surface area (Å²) >= 11 is 5.95. The lowest BCUT2D eigenvalue weighted by atomic mass is 9.97. The minimum Gasteiger partial charge on any atom is -0.354 e. The Kier molecular flexibility index (Phi) is 5.00. The second-order valence-electron chi connectivity index (χ2n) is 4.64. The van der Waals surface area contributed by atoms with E-state index in [1.54, 1.807) is 5.57 Å². The molecule has 0 unspecified atom stereocenters. The predicted octanol–water partition coefficient (Wildman–Crippen LogP) is 3.99. The van der Waals surface area contributed by atoms with Crippen LogP contribution in [0.5, 0.6) is 0 Å². The zero-order chi connectivity index (χ0) is 12.8. The van der Waals surface area contributed by atoms with Gasteiger partial charge in [-0.1, -0.05) is 30.2 Å². The maximum atomic E-state index is 5.95. The molecule has 1 N–H and O–H groups in total. The van der Waals surface area contributed by atoms with Gasteiger partial charge in [-0.25, -0.2) is 9.97 Å². The van der Waals surface area contributed by atoms with E-state index in [0.717, 1.165) is 25.1 Å². The molecular weight excluding hydrogens is 246 g/mol. The molecule has 98 valence electrons. The fraction of sp³-hybridized carbons (Fsp3) is 0.571. The van der Waals surface area contributed by atoms with Crippen molar-refractivity contribution in [3.05, 3.63) is 28.6 Å². The molecule has 0 atom stereocenters. The Morgan fingerprint density at radius 2 is 2.22 bits per heavy atom. The number of aryl methyl sites for hydroxylation is 1. The summed E-state index contributed by atoms with van der Waals surface area (Å²) in [4.78, 5) is 8.60. The van der Waals surface area contributed by atoms with Gasteiger partial charge in [0.25, 0.3) is 0 Å². The van der Waals surface area contributed by atoms with Crippen LogP contribution in [0.4, 0.5) is 5.95 Å². The van der Waals surface area contributed by atoms with E-state index in [0.29, 0.717) is 11.1 Å². The number of halogens is 1. The number of hydrogen-bond donors (Lipinski definition) is 1. The molecule has 1 aromatic rings. The minimum atomic E-state index is 0.515. The van der Waals surface area contributed by atoms with Crippen LogP contribution in [0, 0.1) is 0 Å². The van der Waals surface area contributed by atoms with Crippen LogP contribution in [-0.2, 0) is 6.42 Å². The molecule has 0 amide bonds. The second kappa shape index (κ2) is 6.74. The number of nitrogens with zero attached hydrogens (tertiary/aromatic N) is 2. The first-order valence-corrected chi connectivity index (χ1v) is 7.11. The quantitative estimate of drug-likeness (QED) is 0.646. The van der Waals surface area contributed by atoms with Crippen molar-refractivity contribution in [2.75, 3.05) is 11.9 Å². The molecule has 1 aliphatic carbocycles. The number of anilines is 1. The van der Waals surface area contributed by atoms with Crippen molar-refractivity contribution < 1.29 is 0 Å². The summed E-state index contributed by atoms with van der Waals surface area (Å²) in [7, 11) is 0. The van der Waals surface area contributed by atoms with Gasteiger partial charge in [-0.15, -0.1) is 0 Å². The molecule has 0 aliphatic heterocycles. The van der Waals surface area contributed by atoms with Gasteiger partial charge in [-0.2, -0.15) is 0 Å². The predicted molar refractivity (Wildman–Crippen MR) is 76.1 cm³/mol. The van der Waals surface area contributed by atoms with E-state index in [-0.39, 0.29) is 0 Å². The van der Waals surface area contributed by atoms with Crippen molar-refractivity contribution >= 4 is 17.5 Å². The molecule has 2 rings (SSSR count).